The molecule has 0 spiro atoms. The zero-order valence-corrected chi connectivity index (χ0v) is 4.59. The average molecular weight is 141 g/mol. The van der Waals surface area contributed by atoms with E-state index in [2.05, 4.69) is 0 Å². The Morgan fingerprint density at radius 2 is 2.12 bits per heavy atom. The van der Waals surface area contributed by atoms with Gasteiger partial charge in [0.25, 0.3) is 5.06 Å². The number of aliphatic hydroxyl groups excluding tert-OH is 1. The zero-order chi connectivity index (χ0) is 6.78. The molecule has 0 aliphatic rings. The van der Waals surface area contributed by atoms with E-state index in [4.69, 9.17) is 26.9 Å². The monoisotopic (exact) mass is 140 g/mol. The third-order valence-corrected chi connectivity index (χ3v) is 0.818. The lowest BCUT2D eigenvalue weighted by Crippen LogP contribution is -2.35. The van der Waals surface area contributed by atoms with Crippen molar-refractivity contribution in [1.29, 1.82) is 0 Å². The minimum absolute atomic E-state index is 0.996. The minimum atomic E-state index is -2.51. The fourth-order valence-corrected chi connectivity index (χ4v) is 0.0676. The maximum Gasteiger partial charge on any atom is 0.354 e. The van der Waals surface area contributed by atoms with E-state index in [1.54, 1.807) is 0 Å². The summed E-state index contributed by atoms with van der Waals surface area (Å²) in [5, 5.41) is 21.7. The van der Waals surface area contributed by atoms with E-state index >= 15 is 0 Å². The smallest absolute Gasteiger partial charge is 0.354 e. The number of alkyl halides is 1. The highest BCUT2D eigenvalue weighted by molar-refractivity contribution is 6.32. The second-order valence-corrected chi connectivity index (χ2v) is 1.85. The normalized spacial score (nSPS) is 17.4. The van der Waals surface area contributed by atoms with Gasteiger partial charge < -0.3 is 15.3 Å². The van der Waals surface area contributed by atoms with Crippen LogP contribution < -0.4 is 0 Å². The fraction of sp³-hybridized carbons (Fsp3) is 0.667. The zero-order valence-electron chi connectivity index (χ0n) is 3.83. The molecule has 0 bridgehead atoms. The van der Waals surface area contributed by atoms with E-state index < -0.39 is 17.6 Å². The van der Waals surface area contributed by atoms with Crippen LogP contribution in [0.1, 0.15) is 0 Å². The van der Waals surface area contributed by atoms with Crippen LogP contribution in [0.15, 0.2) is 0 Å². The van der Waals surface area contributed by atoms with Crippen molar-refractivity contribution in [2.45, 2.75) is 5.06 Å². The molecule has 0 radical (unpaired) electrons. The van der Waals surface area contributed by atoms with Crippen LogP contribution in [0.3, 0.4) is 0 Å². The van der Waals surface area contributed by atoms with Crippen molar-refractivity contribution < 1.29 is 20.1 Å². The lowest BCUT2D eigenvalue weighted by Gasteiger charge is -2.09. The lowest BCUT2D eigenvalue weighted by atomic mass is 10.4. The van der Waals surface area contributed by atoms with Gasteiger partial charge in [0.1, 0.15) is 0 Å². The number of carbonyl (C=O) groups is 1. The van der Waals surface area contributed by atoms with Crippen molar-refractivity contribution in [2.75, 3.05) is 6.61 Å². The topological polar surface area (TPSA) is 77.8 Å². The second kappa shape index (κ2) is 2.30. The minimum Gasteiger partial charge on any atom is -0.478 e. The molecule has 0 aromatic heterocycles. The Hall–Kier alpha value is -0.320. The first-order valence-corrected chi connectivity index (χ1v) is 2.14. The molecule has 8 heavy (non-hydrogen) atoms. The van der Waals surface area contributed by atoms with Crippen LogP contribution in [0.25, 0.3) is 0 Å². The summed E-state index contributed by atoms with van der Waals surface area (Å²) < 4.78 is 0. The molecule has 0 saturated carbocycles. The molecule has 4 nitrogen and oxygen atoms in total. The highest BCUT2D eigenvalue weighted by atomic mass is 35.5. The van der Waals surface area contributed by atoms with Crippen LogP contribution in [0.5, 0.6) is 0 Å². The number of halogens is 1. The van der Waals surface area contributed by atoms with E-state index in [-0.39, 0.29) is 0 Å². The van der Waals surface area contributed by atoms with E-state index in [9.17, 15) is 4.79 Å². The van der Waals surface area contributed by atoms with Crippen LogP contribution in [0.4, 0.5) is 0 Å². The third-order valence-electron chi connectivity index (χ3n) is 0.537. The van der Waals surface area contributed by atoms with Crippen molar-refractivity contribution >= 4 is 17.6 Å². The molecule has 3 N–H and O–H groups in total. The SMILES string of the molecule is O=C(O)C(O)(Cl)CO. The highest BCUT2D eigenvalue weighted by Gasteiger charge is 2.31. The molecule has 1 unspecified atom stereocenters. The van der Waals surface area contributed by atoms with Crippen molar-refractivity contribution in [2.24, 2.45) is 0 Å². The van der Waals surface area contributed by atoms with E-state index in [0.29, 0.717) is 0 Å². The van der Waals surface area contributed by atoms with Gasteiger partial charge in [0.05, 0.1) is 6.61 Å². The summed E-state index contributed by atoms with van der Waals surface area (Å²) in [6.45, 7) is -0.996. The number of aliphatic carboxylic acids is 1. The van der Waals surface area contributed by atoms with Crippen LogP contribution >= 0.6 is 11.6 Å². The maximum atomic E-state index is 9.71. The molecule has 48 valence electrons. The predicted molar refractivity (Wildman–Crippen MR) is 25.5 cm³/mol. The first-order chi connectivity index (χ1) is 3.50. The van der Waals surface area contributed by atoms with E-state index in [1.165, 1.54) is 0 Å². The summed E-state index contributed by atoms with van der Waals surface area (Å²) in [4.78, 5) is 9.71. The molecule has 0 aliphatic carbocycles. The molecule has 0 saturated heterocycles. The fourth-order valence-electron chi connectivity index (χ4n) is 0.0676. The summed E-state index contributed by atoms with van der Waals surface area (Å²) in [6.07, 6.45) is 0. The number of carboxylic acids is 1. The van der Waals surface area contributed by atoms with Gasteiger partial charge in [-0.1, -0.05) is 11.6 Å². The van der Waals surface area contributed by atoms with E-state index in [1.807, 2.05) is 0 Å². The maximum absolute atomic E-state index is 9.71. The first kappa shape index (κ1) is 7.68. The Bertz CT molecular complexity index is 99.5. The summed E-state index contributed by atoms with van der Waals surface area (Å²) in [5.41, 5.74) is 0. The van der Waals surface area contributed by atoms with Crippen molar-refractivity contribution in [3.63, 3.8) is 0 Å². The second-order valence-electron chi connectivity index (χ2n) is 1.22. The van der Waals surface area contributed by atoms with Crippen molar-refractivity contribution in [3.8, 4) is 0 Å². The van der Waals surface area contributed by atoms with Crippen LogP contribution in [-0.2, 0) is 4.79 Å². The van der Waals surface area contributed by atoms with Gasteiger partial charge in [0.2, 0.25) is 0 Å². The Morgan fingerprint density at radius 3 is 2.12 bits per heavy atom. The quantitative estimate of drug-likeness (QED) is 0.430. The Morgan fingerprint density at radius 1 is 1.75 bits per heavy atom. The lowest BCUT2D eigenvalue weighted by molar-refractivity contribution is -0.152. The van der Waals surface area contributed by atoms with Gasteiger partial charge in [0, 0.05) is 0 Å². The summed E-state index contributed by atoms with van der Waals surface area (Å²) in [6, 6.07) is 0. The van der Waals surface area contributed by atoms with E-state index in [0.717, 1.165) is 0 Å². The Kier molecular flexibility index (Phi) is 2.21. The summed E-state index contributed by atoms with van der Waals surface area (Å²) >= 11 is 4.76. The number of rotatable bonds is 2. The van der Waals surface area contributed by atoms with Gasteiger partial charge in [-0.15, -0.1) is 0 Å². The highest BCUT2D eigenvalue weighted by Crippen LogP contribution is 2.07. The number of carboxylic acid groups (broad SMARTS) is 1. The van der Waals surface area contributed by atoms with Gasteiger partial charge >= 0.3 is 5.97 Å². The predicted octanol–water partition coefficient (Wildman–Crippen LogP) is -1.01. The molecular weight excluding hydrogens is 135 g/mol. The standard InChI is InChI=1S/C3H5ClO4/c4-3(8,1-5)2(6)7/h5,8H,1H2,(H,6,7). The number of hydrogen-bond donors (Lipinski definition) is 3. The molecule has 0 rings (SSSR count). The van der Waals surface area contributed by atoms with Gasteiger partial charge in [-0.3, -0.25) is 0 Å². The molecule has 0 fully saturated rings. The molecule has 0 amide bonds. The summed E-state index contributed by atoms with van der Waals surface area (Å²) in [5.74, 6) is -1.65. The number of hydrogen-bond acceptors (Lipinski definition) is 3. The van der Waals surface area contributed by atoms with Crippen LogP contribution in [-0.4, -0.2) is 33.0 Å². The van der Waals surface area contributed by atoms with Crippen molar-refractivity contribution in [3.05, 3.63) is 0 Å². The first-order valence-electron chi connectivity index (χ1n) is 1.76. The van der Waals surface area contributed by atoms with Gasteiger partial charge in [-0.05, 0) is 0 Å². The summed E-state index contributed by atoms with van der Waals surface area (Å²) in [7, 11) is 0. The molecule has 5 heteroatoms. The largest absolute Gasteiger partial charge is 0.478 e. The Balaban J connectivity index is 3.91. The van der Waals surface area contributed by atoms with Crippen LogP contribution in [0, 0.1) is 0 Å². The van der Waals surface area contributed by atoms with Gasteiger partial charge in [-0.2, -0.15) is 0 Å². The average Bonchev–Trinajstić information content (AvgIpc) is 1.67. The van der Waals surface area contributed by atoms with Gasteiger partial charge in [-0.25, -0.2) is 4.79 Å². The molecule has 1 atom stereocenters. The van der Waals surface area contributed by atoms with Crippen molar-refractivity contribution in [1.82, 2.24) is 0 Å². The molecule has 0 aromatic carbocycles. The van der Waals surface area contributed by atoms with Crippen LogP contribution in [0.2, 0.25) is 0 Å². The molecule has 0 heterocycles. The van der Waals surface area contributed by atoms with Gasteiger partial charge in [0.15, 0.2) is 0 Å². The molecular formula is C3H5ClO4. The molecule has 0 aliphatic heterocycles. The molecule has 0 aromatic rings. The Labute approximate surface area is 50.3 Å². The number of aliphatic hydroxyl groups is 2. The third kappa shape index (κ3) is 1.65.